The van der Waals surface area contributed by atoms with Gasteiger partial charge in [-0.3, -0.25) is 9.59 Å². The van der Waals surface area contributed by atoms with Gasteiger partial charge in [0.2, 0.25) is 5.75 Å². The van der Waals surface area contributed by atoms with Crippen molar-refractivity contribution in [3.05, 3.63) is 77.6 Å². The highest BCUT2D eigenvalue weighted by Gasteiger charge is 2.25. The molecule has 0 bridgehead atoms. The molecular formula is C30H34N4O8. The van der Waals surface area contributed by atoms with E-state index in [0.717, 1.165) is 0 Å². The molecule has 0 aliphatic heterocycles. The smallest absolute Gasteiger partial charge is 0.497 e. The van der Waals surface area contributed by atoms with Gasteiger partial charge < -0.3 is 29.0 Å². The molecule has 42 heavy (non-hydrogen) atoms. The van der Waals surface area contributed by atoms with E-state index >= 15 is 0 Å². The van der Waals surface area contributed by atoms with Crippen LogP contribution in [0.25, 0.3) is 0 Å². The van der Waals surface area contributed by atoms with Crippen LogP contribution in [0.3, 0.4) is 0 Å². The second-order valence-corrected chi connectivity index (χ2v) is 9.34. The molecule has 0 aliphatic rings. The Bertz CT molecular complexity index is 1360. The SMILES string of the molecule is COc1ccc(C(=NNC(=O)[C@H](C)NC(=O)c2nccc(OC)c2OC(=O)OCC(C)C)c2ccc(OC)cc2)cc1. The molecule has 1 atom stereocenters. The fourth-order valence-electron chi connectivity index (χ4n) is 3.53. The van der Waals surface area contributed by atoms with Gasteiger partial charge in [-0.1, -0.05) is 13.8 Å². The second-order valence-electron chi connectivity index (χ2n) is 9.34. The number of pyridine rings is 1. The van der Waals surface area contributed by atoms with Gasteiger partial charge in [0.25, 0.3) is 11.8 Å². The lowest BCUT2D eigenvalue weighted by atomic mass is 10.0. The second kappa shape index (κ2) is 15.0. The van der Waals surface area contributed by atoms with Gasteiger partial charge in [-0.05, 0) is 61.4 Å². The fraction of sp³-hybridized carbons (Fsp3) is 0.300. The van der Waals surface area contributed by atoms with Gasteiger partial charge in [-0.2, -0.15) is 5.10 Å². The summed E-state index contributed by atoms with van der Waals surface area (Å²) < 4.78 is 26.0. The van der Waals surface area contributed by atoms with Crippen molar-refractivity contribution >= 4 is 23.7 Å². The summed E-state index contributed by atoms with van der Waals surface area (Å²) in [6, 6.07) is 14.7. The molecule has 0 saturated carbocycles. The lowest BCUT2D eigenvalue weighted by Crippen LogP contribution is -2.44. The van der Waals surface area contributed by atoms with Crippen molar-refractivity contribution < 1.29 is 38.1 Å². The minimum absolute atomic E-state index is 0.0769. The summed E-state index contributed by atoms with van der Waals surface area (Å²) in [6.45, 7) is 5.32. The van der Waals surface area contributed by atoms with Crippen molar-refractivity contribution in [2.75, 3.05) is 27.9 Å². The number of nitrogens with zero attached hydrogens (tertiary/aromatic N) is 2. The molecule has 3 aromatic rings. The maximum Gasteiger partial charge on any atom is 0.514 e. The maximum atomic E-state index is 13.1. The topological polar surface area (TPSA) is 147 Å². The minimum Gasteiger partial charge on any atom is -0.497 e. The standard InChI is InChI=1S/C30H34N4O8/c1-18(2)17-41-30(37)42-27-24(40-6)15-16-31-26(27)29(36)32-19(3)28(35)34-33-25(20-7-11-22(38-4)12-8-20)21-9-13-23(39-5)14-10-21/h7-16,18-19H,17H2,1-6H3,(H,32,36)(H,34,35)/t19-/m0/s1. The predicted molar refractivity (Wildman–Crippen MR) is 154 cm³/mol. The Balaban J connectivity index is 1.79. The quantitative estimate of drug-likeness (QED) is 0.185. The molecule has 2 amide bonds. The highest BCUT2D eigenvalue weighted by Crippen LogP contribution is 2.30. The third-order valence-electron chi connectivity index (χ3n) is 5.77. The van der Waals surface area contributed by atoms with Crippen molar-refractivity contribution in [3.63, 3.8) is 0 Å². The molecule has 1 heterocycles. The van der Waals surface area contributed by atoms with Crippen LogP contribution in [0.5, 0.6) is 23.0 Å². The molecular weight excluding hydrogens is 544 g/mol. The summed E-state index contributed by atoms with van der Waals surface area (Å²) in [5.74, 6) is -0.137. The Hall–Kier alpha value is -5.13. The molecule has 0 saturated heterocycles. The van der Waals surface area contributed by atoms with Crippen molar-refractivity contribution in [2.24, 2.45) is 11.0 Å². The number of aromatic nitrogens is 1. The third kappa shape index (κ3) is 8.43. The molecule has 2 N–H and O–H groups in total. The summed E-state index contributed by atoms with van der Waals surface area (Å²) in [7, 11) is 4.48. The minimum atomic E-state index is -1.05. The number of benzene rings is 2. The van der Waals surface area contributed by atoms with Crippen LogP contribution in [-0.4, -0.2) is 62.6 Å². The highest BCUT2D eigenvalue weighted by atomic mass is 16.7. The molecule has 0 aliphatic carbocycles. The van der Waals surface area contributed by atoms with Gasteiger partial charge in [-0.15, -0.1) is 0 Å². The average molecular weight is 579 g/mol. The monoisotopic (exact) mass is 578 g/mol. The molecule has 0 radical (unpaired) electrons. The zero-order valence-corrected chi connectivity index (χ0v) is 24.3. The first-order valence-electron chi connectivity index (χ1n) is 13.0. The molecule has 3 rings (SSSR count). The van der Waals surface area contributed by atoms with Gasteiger partial charge >= 0.3 is 6.16 Å². The lowest BCUT2D eigenvalue weighted by molar-refractivity contribution is -0.122. The first-order chi connectivity index (χ1) is 20.2. The molecule has 0 fully saturated rings. The summed E-state index contributed by atoms with van der Waals surface area (Å²) in [6.07, 6.45) is 0.291. The maximum absolute atomic E-state index is 13.1. The Morgan fingerprint density at radius 2 is 1.40 bits per heavy atom. The number of carbonyl (C=O) groups is 3. The molecule has 2 aromatic carbocycles. The number of hydrazone groups is 1. The van der Waals surface area contributed by atoms with Crippen LogP contribution in [0.1, 0.15) is 42.4 Å². The van der Waals surface area contributed by atoms with Crippen LogP contribution in [0.15, 0.2) is 65.9 Å². The molecule has 12 heteroatoms. The number of hydrogen-bond donors (Lipinski definition) is 2. The summed E-state index contributed by atoms with van der Waals surface area (Å²) in [5.41, 5.74) is 4.14. The van der Waals surface area contributed by atoms with Gasteiger partial charge in [0.1, 0.15) is 17.5 Å². The molecule has 222 valence electrons. The third-order valence-corrected chi connectivity index (χ3v) is 5.77. The summed E-state index contributed by atoms with van der Waals surface area (Å²) >= 11 is 0. The van der Waals surface area contributed by atoms with E-state index < -0.39 is 24.0 Å². The molecule has 0 spiro atoms. The Morgan fingerprint density at radius 3 is 1.90 bits per heavy atom. The van der Waals surface area contributed by atoms with Gasteiger partial charge in [0, 0.05) is 23.4 Å². The predicted octanol–water partition coefficient (Wildman–Crippen LogP) is 3.97. The van der Waals surface area contributed by atoms with E-state index in [1.165, 1.54) is 26.3 Å². The van der Waals surface area contributed by atoms with Gasteiger partial charge in [0.15, 0.2) is 11.4 Å². The van der Waals surface area contributed by atoms with E-state index in [1.807, 2.05) is 13.8 Å². The number of ether oxygens (including phenoxy) is 5. The largest absolute Gasteiger partial charge is 0.514 e. The first kappa shape index (κ1) is 31.4. The Labute approximate surface area is 244 Å². The number of amides is 2. The van der Waals surface area contributed by atoms with E-state index in [2.05, 4.69) is 20.8 Å². The van der Waals surface area contributed by atoms with Crippen LogP contribution in [0.2, 0.25) is 0 Å². The van der Waals surface area contributed by atoms with Crippen molar-refractivity contribution in [1.82, 2.24) is 15.7 Å². The number of hydrogen-bond acceptors (Lipinski definition) is 10. The van der Waals surface area contributed by atoms with Crippen molar-refractivity contribution in [3.8, 4) is 23.0 Å². The Morgan fingerprint density at radius 1 is 0.833 bits per heavy atom. The first-order valence-corrected chi connectivity index (χ1v) is 13.0. The molecule has 0 unspecified atom stereocenters. The van der Waals surface area contributed by atoms with Crippen molar-refractivity contribution in [2.45, 2.75) is 26.8 Å². The van der Waals surface area contributed by atoms with Crippen LogP contribution in [-0.2, 0) is 9.53 Å². The van der Waals surface area contributed by atoms with Gasteiger partial charge in [-0.25, -0.2) is 15.2 Å². The van der Waals surface area contributed by atoms with Gasteiger partial charge in [0.05, 0.1) is 33.6 Å². The fourth-order valence-corrected chi connectivity index (χ4v) is 3.53. The van der Waals surface area contributed by atoms with E-state index in [0.29, 0.717) is 28.3 Å². The van der Waals surface area contributed by atoms with E-state index in [9.17, 15) is 14.4 Å². The number of carbonyl (C=O) groups excluding carboxylic acids is 3. The van der Waals surface area contributed by atoms with Crippen molar-refractivity contribution in [1.29, 1.82) is 0 Å². The van der Waals surface area contributed by atoms with Crippen LogP contribution < -0.4 is 29.7 Å². The number of methoxy groups -OCH3 is 3. The number of nitrogens with one attached hydrogen (secondary N) is 2. The summed E-state index contributed by atoms with van der Waals surface area (Å²) in [5, 5.41) is 6.90. The van der Waals surface area contributed by atoms with E-state index in [-0.39, 0.29) is 29.7 Å². The van der Waals surface area contributed by atoms with E-state index in [4.69, 9.17) is 23.7 Å². The number of rotatable bonds is 12. The Kier molecular flexibility index (Phi) is 11.2. The highest BCUT2D eigenvalue weighted by molar-refractivity contribution is 6.13. The molecule has 1 aromatic heterocycles. The van der Waals surface area contributed by atoms with E-state index in [1.54, 1.807) is 62.8 Å². The van der Waals surface area contributed by atoms with Crippen LogP contribution >= 0.6 is 0 Å². The lowest BCUT2D eigenvalue weighted by Gasteiger charge is -2.16. The van der Waals surface area contributed by atoms with Crippen LogP contribution in [0.4, 0.5) is 4.79 Å². The average Bonchev–Trinajstić information content (AvgIpc) is 3.00. The molecule has 12 nitrogen and oxygen atoms in total. The zero-order valence-electron chi connectivity index (χ0n) is 24.3. The normalized spacial score (nSPS) is 11.1. The zero-order chi connectivity index (χ0) is 30.6. The summed E-state index contributed by atoms with van der Waals surface area (Å²) in [4.78, 5) is 42.3. The van der Waals surface area contributed by atoms with Crippen LogP contribution in [0, 0.1) is 5.92 Å².